The van der Waals surface area contributed by atoms with Crippen LogP contribution in [0.4, 0.5) is 0 Å². The minimum atomic E-state index is -0.260. The number of ketones is 1. The van der Waals surface area contributed by atoms with Crippen LogP contribution in [0.3, 0.4) is 0 Å². The molecule has 0 aromatic rings. The molecule has 4 aliphatic rings. The van der Waals surface area contributed by atoms with Gasteiger partial charge in [-0.2, -0.15) is 0 Å². The Hall–Kier alpha value is -1.69. The molecule has 3 fully saturated rings. The van der Waals surface area contributed by atoms with Crippen LogP contribution in [0.1, 0.15) is 99.3 Å². The molecular formula is C31H48O6. The van der Waals surface area contributed by atoms with E-state index in [1.165, 1.54) is 19.4 Å². The zero-order chi connectivity index (χ0) is 27.1. The number of hydrogen-bond donors (Lipinski definition) is 1. The molecule has 0 aromatic carbocycles. The van der Waals surface area contributed by atoms with Gasteiger partial charge in [0.05, 0.1) is 0 Å². The molecule has 10 atom stereocenters. The van der Waals surface area contributed by atoms with Crippen LogP contribution in [0.25, 0.3) is 0 Å². The lowest BCUT2D eigenvalue weighted by Gasteiger charge is -2.58. The predicted molar refractivity (Wildman–Crippen MR) is 141 cm³/mol. The van der Waals surface area contributed by atoms with Crippen molar-refractivity contribution in [2.45, 2.75) is 112 Å². The Bertz CT molecular complexity index is 925. The molecule has 0 heterocycles. The fourth-order valence-electron chi connectivity index (χ4n) is 9.13. The van der Waals surface area contributed by atoms with E-state index in [1.807, 2.05) is 13.8 Å². The van der Waals surface area contributed by atoms with Crippen molar-refractivity contribution >= 4 is 17.7 Å². The molecule has 0 aromatic heterocycles. The SMILES string of the molecule is CC(=O)O[C@H]1CC[C@@]2(C)C(=CCC3C2CC[C@@]2(C)C3C[C@H](OC(C)=O)[C@@H]2[C@H](C)C(=O)CC[C@@H](C)CO)C1. The van der Waals surface area contributed by atoms with E-state index in [1.54, 1.807) is 0 Å². The highest BCUT2D eigenvalue weighted by molar-refractivity contribution is 5.81. The van der Waals surface area contributed by atoms with Crippen molar-refractivity contribution in [1.29, 1.82) is 0 Å². The summed E-state index contributed by atoms with van der Waals surface area (Å²) >= 11 is 0. The second-order valence-corrected chi connectivity index (χ2v) is 13.3. The Morgan fingerprint density at radius 1 is 1.05 bits per heavy atom. The molecule has 6 nitrogen and oxygen atoms in total. The maximum absolute atomic E-state index is 13.4. The van der Waals surface area contributed by atoms with Gasteiger partial charge in [-0.15, -0.1) is 0 Å². The van der Waals surface area contributed by atoms with Gasteiger partial charge in [0, 0.05) is 45.1 Å². The summed E-state index contributed by atoms with van der Waals surface area (Å²) in [6, 6.07) is 0. The molecule has 0 bridgehead atoms. The monoisotopic (exact) mass is 516 g/mol. The van der Waals surface area contributed by atoms with E-state index >= 15 is 0 Å². The predicted octanol–water partition coefficient (Wildman–Crippen LogP) is 5.65. The molecule has 208 valence electrons. The molecule has 6 heteroatoms. The number of aliphatic hydroxyl groups excluding tert-OH is 1. The topological polar surface area (TPSA) is 89.9 Å². The molecular weight excluding hydrogens is 468 g/mol. The second kappa shape index (κ2) is 10.8. The third-order valence-corrected chi connectivity index (χ3v) is 11.0. The van der Waals surface area contributed by atoms with Crippen molar-refractivity contribution < 1.29 is 29.0 Å². The quantitative estimate of drug-likeness (QED) is 0.331. The van der Waals surface area contributed by atoms with Crippen molar-refractivity contribution in [2.75, 3.05) is 6.61 Å². The van der Waals surface area contributed by atoms with Crippen LogP contribution in [0.5, 0.6) is 0 Å². The first-order valence-electron chi connectivity index (χ1n) is 14.6. The fraction of sp³-hybridized carbons (Fsp3) is 0.839. The van der Waals surface area contributed by atoms with Gasteiger partial charge in [-0.05, 0) is 79.4 Å². The molecule has 37 heavy (non-hydrogen) atoms. The van der Waals surface area contributed by atoms with Gasteiger partial charge in [0.25, 0.3) is 0 Å². The summed E-state index contributed by atoms with van der Waals surface area (Å²) < 4.78 is 11.6. The number of rotatable bonds is 8. The van der Waals surface area contributed by atoms with Crippen LogP contribution >= 0.6 is 0 Å². The fourth-order valence-corrected chi connectivity index (χ4v) is 9.13. The molecule has 0 aliphatic heterocycles. The van der Waals surface area contributed by atoms with Crippen molar-refractivity contribution in [1.82, 2.24) is 0 Å². The number of esters is 2. The minimum Gasteiger partial charge on any atom is -0.462 e. The van der Waals surface area contributed by atoms with Crippen LogP contribution < -0.4 is 0 Å². The summed E-state index contributed by atoms with van der Waals surface area (Å²) in [4.78, 5) is 37.1. The van der Waals surface area contributed by atoms with Gasteiger partial charge in [0.1, 0.15) is 18.0 Å². The molecule has 0 saturated heterocycles. The number of Topliss-reactive ketones (excluding diaryl/α,β-unsaturated/α-hetero) is 1. The standard InChI is InChI=1S/C31H48O6/c1-18(17-32)7-10-27(35)19(2)29-28(37-21(4)34)16-26-24-9-8-22-15-23(36-20(3)33)11-13-30(22,5)25(24)12-14-31(26,29)6/h8,18-19,23-26,28-29,32H,7,9-17H2,1-6H3/t18-,19-,23+,24?,25?,26?,28+,29+,30+,31+/m1/s1. The van der Waals surface area contributed by atoms with Crippen LogP contribution in [0, 0.1) is 46.3 Å². The van der Waals surface area contributed by atoms with Crippen molar-refractivity contribution in [3.05, 3.63) is 11.6 Å². The molecule has 0 spiro atoms. The number of allylic oxidation sites excluding steroid dienone is 1. The lowest BCUT2D eigenvalue weighted by Crippen LogP contribution is -2.51. The van der Waals surface area contributed by atoms with Crippen LogP contribution in [0.15, 0.2) is 11.6 Å². The second-order valence-electron chi connectivity index (χ2n) is 13.3. The summed E-state index contributed by atoms with van der Waals surface area (Å²) in [7, 11) is 0. The van der Waals surface area contributed by atoms with Crippen molar-refractivity contribution in [2.24, 2.45) is 46.3 Å². The molecule has 3 saturated carbocycles. The lowest BCUT2D eigenvalue weighted by atomic mass is 9.47. The van der Waals surface area contributed by atoms with Crippen molar-refractivity contribution in [3.63, 3.8) is 0 Å². The van der Waals surface area contributed by atoms with E-state index in [0.29, 0.717) is 30.6 Å². The molecule has 3 unspecified atom stereocenters. The summed E-state index contributed by atoms with van der Waals surface area (Å²) in [6.45, 7) is 11.9. The Kier molecular flexibility index (Phi) is 8.28. The average molecular weight is 517 g/mol. The maximum Gasteiger partial charge on any atom is 0.302 e. The van der Waals surface area contributed by atoms with Gasteiger partial charge in [0.15, 0.2) is 0 Å². The number of aliphatic hydroxyl groups is 1. The third-order valence-electron chi connectivity index (χ3n) is 11.0. The molecule has 4 aliphatic carbocycles. The maximum atomic E-state index is 13.4. The van der Waals surface area contributed by atoms with E-state index in [0.717, 1.165) is 44.9 Å². The highest BCUT2D eigenvalue weighted by atomic mass is 16.5. The Labute approximate surface area is 222 Å². The van der Waals surface area contributed by atoms with Crippen LogP contribution in [-0.2, 0) is 23.9 Å². The summed E-state index contributed by atoms with van der Waals surface area (Å²) in [5, 5.41) is 9.41. The molecule has 0 amide bonds. The van der Waals surface area contributed by atoms with Gasteiger partial charge in [0.2, 0.25) is 0 Å². The summed E-state index contributed by atoms with van der Waals surface area (Å²) in [6.07, 6.45) is 10.2. The zero-order valence-corrected chi connectivity index (χ0v) is 23.8. The molecule has 0 radical (unpaired) electrons. The van der Waals surface area contributed by atoms with E-state index in [2.05, 4.69) is 19.9 Å². The minimum absolute atomic E-state index is 0.00754. The van der Waals surface area contributed by atoms with Gasteiger partial charge in [-0.3, -0.25) is 14.4 Å². The van der Waals surface area contributed by atoms with Gasteiger partial charge in [-0.25, -0.2) is 0 Å². The first-order valence-corrected chi connectivity index (χ1v) is 14.6. The smallest absolute Gasteiger partial charge is 0.302 e. The van der Waals surface area contributed by atoms with E-state index in [-0.39, 0.29) is 65.1 Å². The first-order chi connectivity index (χ1) is 17.4. The van der Waals surface area contributed by atoms with E-state index in [4.69, 9.17) is 9.47 Å². The number of carbonyl (C=O) groups is 3. The van der Waals surface area contributed by atoms with E-state index in [9.17, 15) is 19.5 Å². The molecule has 1 N–H and O–H groups in total. The summed E-state index contributed by atoms with van der Waals surface area (Å²) in [5.74, 6) is 1.23. The Morgan fingerprint density at radius 3 is 2.41 bits per heavy atom. The highest BCUT2D eigenvalue weighted by Gasteiger charge is 2.63. The Morgan fingerprint density at radius 2 is 1.76 bits per heavy atom. The number of ether oxygens (including phenoxy) is 2. The lowest BCUT2D eigenvalue weighted by molar-refractivity contribution is -0.153. The third kappa shape index (κ3) is 5.29. The number of fused-ring (bicyclic) bond motifs is 5. The van der Waals surface area contributed by atoms with E-state index < -0.39 is 0 Å². The molecule has 4 rings (SSSR count). The zero-order valence-electron chi connectivity index (χ0n) is 23.8. The number of hydrogen-bond acceptors (Lipinski definition) is 6. The van der Waals surface area contributed by atoms with Gasteiger partial charge >= 0.3 is 11.9 Å². The van der Waals surface area contributed by atoms with Gasteiger partial charge < -0.3 is 14.6 Å². The summed E-state index contributed by atoms with van der Waals surface area (Å²) in [5.41, 5.74) is 1.54. The van der Waals surface area contributed by atoms with Gasteiger partial charge in [-0.1, -0.05) is 39.3 Å². The highest BCUT2D eigenvalue weighted by Crippen LogP contribution is 2.67. The van der Waals surface area contributed by atoms with Crippen molar-refractivity contribution in [3.8, 4) is 0 Å². The average Bonchev–Trinajstić information content (AvgIpc) is 3.12. The number of carbonyl (C=O) groups excluding carboxylic acids is 3. The Balaban J connectivity index is 1.58. The first kappa shape index (κ1) is 28.3. The van der Waals surface area contributed by atoms with Crippen LogP contribution in [0.2, 0.25) is 0 Å². The normalized spacial score (nSPS) is 40.4. The van der Waals surface area contributed by atoms with Crippen LogP contribution in [-0.4, -0.2) is 41.6 Å². The largest absolute Gasteiger partial charge is 0.462 e.